The van der Waals surface area contributed by atoms with Crippen LogP contribution in [0.2, 0.25) is 0 Å². The van der Waals surface area contributed by atoms with Crippen LogP contribution in [0.5, 0.6) is 0 Å². The fraction of sp³-hybridized carbons (Fsp3) is 0.500. The lowest BCUT2D eigenvalue weighted by Crippen LogP contribution is -2.34. The lowest BCUT2D eigenvalue weighted by molar-refractivity contribution is 0.0139. The normalized spacial score (nSPS) is 32.1. The minimum atomic E-state index is -0.713. The summed E-state index contributed by atoms with van der Waals surface area (Å²) in [6.07, 6.45) is 0. The average molecular weight is 270 g/mol. The number of rotatable bonds is 1. The van der Waals surface area contributed by atoms with Gasteiger partial charge >= 0.3 is 0 Å². The highest BCUT2D eigenvalue weighted by Gasteiger charge is 2.43. The van der Waals surface area contributed by atoms with Gasteiger partial charge in [-0.3, -0.25) is 0 Å². The molecule has 1 aliphatic heterocycles. The average Bonchev–Trinajstić information content (AvgIpc) is 2.42. The van der Waals surface area contributed by atoms with Crippen LogP contribution in [0.15, 0.2) is 28.7 Å². The van der Waals surface area contributed by atoms with E-state index in [1.165, 1.54) is 0 Å². The fourth-order valence-electron chi connectivity index (χ4n) is 2.41. The molecule has 0 amide bonds. The van der Waals surface area contributed by atoms with Crippen LogP contribution in [-0.2, 0) is 5.60 Å². The lowest BCUT2D eigenvalue weighted by Gasteiger charge is -2.28. The van der Waals surface area contributed by atoms with Gasteiger partial charge in [-0.25, -0.2) is 0 Å². The number of β-amino-alcohol motifs (C(OH)–C–C–N with tert-alkyl or cyclic N) is 1. The first-order valence-corrected chi connectivity index (χ1v) is 5.99. The third kappa shape index (κ3) is 1.84. The van der Waals surface area contributed by atoms with E-state index < -0.39 is 5.60 Å². The number of nitrogens with zero attached hydrogens (tertiary/aromatic N) is 1. The number of hydrogen-bond acceptors (Lipinski definition) is 2. The zero-order valence-electron chi connectivity index (χ0n) is 9.07. The summed E-state index contributed by atoms with van der Waals surface area (Å²) in [7, 11) is 2.05. The highest BCUT2D eigenvalue weighted by molar-refractivity contribution is 9.10. The first-order valence-electron chi connectivity index (χ1n) is 5.20. The molecule has 0 radical (unpaired) electrons. The second kappa shape index (κ2) is 3.89. The van der Waals surface area contributed by atoms with Gasteiger partial charge < -0.3 is 10.0 Å². The minimum absolute atomic E-state index is 0.265. The van der Waals surface area contributed by atoms with Gasteiger partial charge in [0.15, 0.2) is 0 Å². The molecule has 2 atom stereocenters. The second-order valence-electron chi connectivity index (χ2n) is 4.50. The molecule has 82 valence electrons. The number of halogens is 1. The van der Waals surface area contributed by atoms with Crippen molar-refractivity contribution in [3.8, 4) is 0 Å². The number of likely N-dealkylation sites (tertiary alicyclic amines) is 1. The fourth-order valence-corrected chi connectivity index (χ4v) is 3.04. The molecule has 0 unspecified atom stereocenters. The van der Waals surface area contributed by atoms with Gasteiger partial charge in [-0.05, 0) is 18.7 Å². The summed E-state index contributed by atoms with van der Waals surface area (Å²) in [5.41, 5.74) is 0.288. The molecular weight excluding hydrogens is 254 g/mol. The molecule has 1 heterocycles. The van der Waals surface area contributed by atoms with Crippen molar-refractivity contribution < 1.29 is 5.11 Å². The molecule has 15 heavy (non-hydrogen) atoms. The molecule has 0 aliphatic carbocycles. The van der Waals surface area contributed by atoms with Gasteiger partial charge in [-0.2, -0.15) is 0 Å². The van der Waals surface area contributed by atoms with Crippen LogP contribution in [0.3, 0.4) is 0 Å². The molecule has 0 spiro atoms. The van der Waals surface area contributed by atoms with Crippen LogP contribution in [-0.4, -0.2) is 30.1 Å². The van der Waals surface area contributed by atoms with E-state index in [0.717, 1.165) is 16.6 Å². The Kier molecular flexibility index (Phi) is 2.88. The highest BCUT2D eigenvalue weighted by atomic mass is 79.9. The maximum absolute atomic E-state index is 10.7. The first kappa shape index (κ1) is 11.1. The molecule has 1 aliphatic rings. The summed E-state index contributed by atoms with van der Waals surface area (Å²) >= 11 is 3.51. The van der Waals surface area contributed by atoms with Crippen LogP contribution < -0.4 is 0 Å². The van der Waals surface area contributed by atoms with Crippen molar-refractivity contribution in [3.05, 3.63) is 34.3 Å². The summed E-state index contributed by atoms with van der Waals surface area (Å²) in [4.78, 5) is 2.17. The van der Waals surface area contributed by atoms with E-state index in [0.29, 0.717) is 6.54 Å². The van der Waals surface area contributed by atoms with Crippen molar-refractivity contribution in [2.24, 2.45) is 5.92 Å². The number of likely N-dealkylation sites (N-methyl/N-ethyl adjacent to an activating group) is 1. The van der Waals surface area contributed by atoms with Crippen molar-refractivity contribution in [1.82, 2.24) is 4.90 Å². The summed E-state index contributed by atoms with van der Waals surface area (Å²) in [5.74, 6) is 0.265. The predicted molar refractivity (Wildman–Crippen MR) is 64.7 cm³/mol. The van der Waals surface area contributed by atoms with E-state index in [2.05, 4.69) is 27.8 Å². The SMILES string of the molecule is C[C@H]1CN(C)C[C@]1(O)c1ccccc1Br. The lowest BCUT2D eigenvalue weighted by atomic mass is 9.85. The maximum Gasteiger partial charge on any atom is 0.107 e. The van der Waals surface area contributed by atoms with Crippen molar-refractivity contribution in [2.45, 2.75) is 12.5 Å². The van der Waals surface area contributed by atoms with Gasteiger partial charge in [-0.15, -0.1) is 0 Å². The third-order valence-electron chi connectivity index (χ3n) is 3.25. The summed E-state index contributed by atoms with van der Waals surface area (Å²) < 4.78 is 0.995. The van der Waals surface area contributed by atoms with Gasteiger partial charge in [0, 0.05) is 23.5 Å². The van der Waals surface area contributed by atoms with Gasteiger partial charge in [0.1, 0.15) is 5.60 Å². The van der Waals surface area contributed by atoms with Crippen LogP contribution >= 0.6 is 15.9 Å². The smallest absolute Gasteiger partial charge is 0.107 e. The second-order valence-corrected chi connectivity index (χ2v) is 5.36. The quantitative estimate of drug-likeness (QED) is 0.845. The van der Waals surface area contributed by atoms with E-state index in [-0.39, 0.29) is 5.92 Å². The molecule has 0 aromatic heterocycles. The summed E-state index contributed by atoms with van der Waals surface area (Å²) in [6.45, 7) is 3.75. The molecule has 2 nitrogen and oxygen atoms in total. The standard InChI is InChI=1S/C12H16BrNO/c1-9-7-14(2)8-12(9,15)10-5-3-4-6-11(10)13/h3-6,9,15H,7-8H2,1-2H3/t9-,12+/m0/s1. The van der Waals surface area contributed by atoms with Crippen molar-refractivity contribution in [2.75, 3.05) is 20.1 Å². The summed E-state index contributed by atoms with van der Waals surface area (Å²) in [6, 6.07) is 7.93. The molecule has 2 rings (SSSR count). The Bertz CT molecular complexity index is 368. The van der Waals surface area contributed by atoms with Crippen LogP contribution in [0.4, 0.5) is 0 Å². The van der Waals surface area contributed by atoms with E-state index in [9.17, 15) is 5.11 Å². The molecule has 1 aromatic rings. The number of benzene rings is 1. The molecule has 3 heteroatoms. The molecule has 1 saturated heterocycles. The van der Waals surface area contributed by atoms with E-state index >= 15 is 0 Å². The van der Waals surface area contributed by atoms with Gasteiger partial charge in [-0.1, -0.05) is 41.1 Å². The summed E-state index contributed by atoms with van der Waals surface area (Å²) in [5, 5.41) is 10.7. The van der Waals surface area contributed by atoms with E-state index in [1.54, 1.807) is 0 Å². The largest absolute Gasteiger partial charge is 0.383 e. The Morgan fingerprint density at radius 3 is 2.67 bits per heavy atom. The Balaban J connectivity index is 2.42. The van der Waals surface area contributed by atoms with E-state index in [4.69, 9.17) is 0 Å². The molecule has 1 aromatic carbocycles. The number of hydrogen-bond donors (Lipinski definition) is 1. The first-order chi connectivity index (χ1) is 7.04. The zero-order chi connectivity index (χ0) is 11.1. The molecule has 1 fully saturated rings. The van der Waals surface area contributed by atoms with Crippen molar-refractivity contribution >= 4 is 15.9 Å². The minimum Gasteiger partial charge on any atom is -0.383 e. The van der Waals surface area contributed by atoms with Crippen LogP contribution in [0.25, 0.3) is 0 Å². The van der Waals surface area contributed by atoms with Crippen molar-refractivity contribution in [3.63, 3.8) is 0 Å². The maximum atomic E-state index is 10.7. The van der Waals surface area contributed by atoms with Crippen LogP contribution in [0, 0.1) is 5.92 Å². The highest BCUT2D eigenvalue weighted by Crippen LogP contribution is 2.39. The van der Waals surface area contributed by atoms with Gasteiger partial charge in [0.05, 0.1) is 0 Å². The molecule has 1 N–H and O–H groups in total. The Hall–Kier alpha value is -0.380. The van der Waals surface area contributed by atoms with Gasteiger partial charge in [0.2, 0.25) is 0 Å². The Morgan fingerprint density at radius 2 is 2.13 bits per heavy atom. The predicted octanol–water partition coefficient (Wildman–Crippen LogP) is 2.22. The molecule has 0 saturated carbocycles. The third-order valence-corrected chi connectivity index (χ3v) is 3.94. The topological polar surface area (TPSA) is 23.5 Å². The van der Waals surface area contributed by atoms with Crippen molar-refractivity contribution in [1.29, 1.82) is 0 Å². The molecular formula is C12H16BrNO. The van der Waals surface area contributed by atoms with Crippen LogP contribution in [0.1, 0.15) is 12.5 Å². The Morgan fingerprint density at radius 1 is 1.47 bits per heavy atom. The Labute approximate surface area is 99.0 Å². The monoisotopic (exact) mass is 269 g/mol. The van der Waals surface area contributed by atoms with Gasteiger partial charge in [0.25, 0.3) is 0 Å². The zero-order valence-corrected chi connectivity index (χ0v) is 10.7. The van der Waals surface area contributed by atoms with E-state index in [1.807, 2.05) is 31.3 Å². The number of aliphatic hydroxyl groups is 1. The molecule has 0 bridgehead atoms.